The average Bonchev–Trinajstić information content (AvgIpc) is 3.36. The number of carbonyl (C=O) groups excluding carboxylic acids is 2. The van der Waals surface area contributed by atoms with Gasteiger partial charge in [0.1, 0.15) is 11.2 Å². The lowest BCUT2D eigenvalue weighted by Crippen LogP contribution is -2.46. The van der Waals surface area contributed by atoms with Crippen LogP contribution in [-0.4, -0.2) is 36.0 Å². The molecule has 0 aromatic carbocycles. The van der Waals surface area contributed by atoms with Crippen LogP contribution in [0.15, 0.2) is 0 Å². The van der Waals surface area contributed by atoms with Gasteiger partial charge in [-0.05, 0) is 61.2 Å². The maximum Gasteiger partial charge on any atom is 0.152 e. The van der Waals surface area contributed by atoms with Gasteiger partial charge in [-0.25, -0.2) is 0 Å². The third-order valence-electron chi connectivity index (χ3n) is 10.4. The zero-order valence-corrected chi connectivity index (χ0v) is 13.5. The van der Waals surface area contributed by atoms with E-state index < -0.39 is 11.2 Å². The van der Waals surface area contributed by atoms with E-state index in [1.54, 1.807) is 0 Å². The third-order valence-corrected chi connectivity index (χ3v) is 10.4. The van der Waals surface area contributed by atoms with E-state index in [1.165, 1.54) is 25.4 Å². The number of aldehydes is 2. The summed E-state index contributed by atoms with van der Waals surface area (Å²) >= 11 is 0. The first-order valence-electron chi connectivity index (χ1n) is 10.0. The second kappa shape index (κ2) is 3.29. The fourth-order valence-corrected chi connectivity index (χ4v) is 10.8. The normalized spacial score (nSPS) is 76.8. The number of ether oxygens (including phenoxy) is 2. The molecule has 2 heterocycles. The Hall–Kier alpha value is -0.740. The minimum absolute atomic E-state index is 0.273. The molecule has 0 radical (unpaired) electrons. The van der Waals surface area contributed by atoms with Crippen LogP contribution in [0.25, 0.3) is 0 Å². The van der Waals surface area contributed by atoms with Gasteiger partial charge in [-0.2, -0.15) is 0 Å². The van der Waals surface area contributed by atoms with Gasteiger partial charge in [0.25, 0.3) is 0 Å². The maximum atomic E-state index is 12.5. The van der Waals surface area contributed by atoms with Crippen molar-refractivity contribution in [2.24, 2.45) is 59.2 Å². The number of rotatable bonds is 2. The van der Waals surface area contributed by atoms with Crippen molar-refractivity contribution in [3.05, 3.63) is 0 Å². The third kappa shape index (κ3) is 0.851. The molecule has 8 fully saturated rings. The Labute approximate surface area is 140 Å². The fourth-order valence-electron chi connectivity index (χ4n) is 10.8. The van der Waals surface area contributed by atoms with Crippen LogP contribution < -0.4 is 0 Å². The molecule has 14 atom stereocenters. The second-order valence-electron chi connectivity index (χ2n) is 10.2. The molecule has 126 valence electrons. The summed E-state index contributed by atoms with van der Waals surface area (Å²) in [4.78, 5) is 24.9. The largest absolute Gasteiger partial charge is 0.363 e. The molecule has 24 heavy (non-hydrogen) atoms. The molecule has 6 aliphatic carbocycles. The van der Waals surface area contributed by atoms with Gasteiger partial charge in [0, 0.05) is 23.7 Å². The summed E-state index contributed by atoms with van der Waals surface area (Å²) in [6.45, 7) is 0. The van der Waals surface area contributed by atoms with Crippen molar-refractivity contribution in [2.75, 3.05) is 0 Å². The van der Waals surface area contributed by atoms with Crippen molar-refractivity contribution < 1.29 is 19.1 Å². The molecule has 2 saturated heterocycles. The van der Waals surface area contributed by atoms with Crippen molar-refractivity contribution in [1.29, 1.82) is 0 Å². The van der Waals surface area contributed by atoms with Crippen LogP contribution in [0.3, 0.4) is 0 Å². The highest BCUT2D eigenvalue weighted by Gasteiger charge is 2.90. The number of fused-ring (bicyclic) bond motifs is 4. The Kier molecular flexibility index (Phi) is 1.73. The first kappa shape index (κ1) is 12.6. The Balaban J connectivity index is 1.47. The van der Waals surface area contributed by atoms with E-state index in [4.69, 9.17) is 9.47 Å². The Morgan fingerprint density at radius 2 is 1.08 bits per heavy atom. The van der Waals surface area contributed by atoms with Gasteiger partial charge >= 0.3 is 0 Å². The van der Waals surface area contributed by atoms with Gasteiger partial charge in [-0.3, -0.25) is 0 Å². The van der Waals surface area contributed by atoms with Crippen LogP contribution in [0.5, 0.6) is 0 Å². The molecule has 0 unspecified atom stereocenters. The van der Waals surface area contributed by atoms with Crippen LogP contribution in [-0.2, 0) is 19.1 Å². The highest BCUT2D eigenvalue weighted by atomic mass is 16.5. The van der Waals surface area contributed by atoms with Crippen LogP contribution in [0.1, 0.15) is 25.7 Å². The van der Waals surface area contributed by atoms with Crippen molar-refractivity contribution >= 4 is 12.6 Å². The molecule has 0 N–H and O–H groups in total. The van der Waals surface area contributed by atoms with Gasteiger partial charge in [-0.1, -0.05) is 0 Å². The lowest BCUT2D eigenvalue weighted by atomic mass is 9.72. The zero-order valence-electron chi connectivity index (χ0n) is 13.5. The summed E-state index contributed by atoms with van der Waals surface area (Å²) in [7, 11) is 0. The lowest BCUT2D eigenvalue weighted by molar-refractivity contribution is -0.150. The monoisotopic (exact) mass is 326 g/mol. The van der Waals surface area contributed by atoms with Crippen LogP contribution in [0, 0.1) is 59.2 Å². The molecule has 8 aliphatic rings. The first-order valence-corrected chi connectivity index (χ1v) is 10.0. The Morgan fingerprint density at radius 1 is 0.625 bits per heavy atom. The van der Waals surface area contributed by atoms with E-state index in [0.29, 0.717) is 59.2 Å². The molecule has 2 aliphatic heterocycles. The summed E-state index contributed by atoms with van der Waals surface area (Å²) in [6.07, 6.45) is 7.52. The van der Waals surface area contributed by atoms with Gasteiger partial charge in [-0.15, -0.1) is 0 Å². The molecule has 0 amide bonds. The molecule has 0 aromatic heterocycles. The molecule has 8 rings (SSSR count). The summed E-state index contributed by atoms with van der Waals surface area (Å²) in [5.41, 5.74) is -1.01. The van der Waals surface area contributed by atoms with Gasteiger partial charge in [0.05, 0.1) is 12.2 Å². The second-order valence-corrected chi connectivity index (χ2v) is 10.2. The van der Waals surface area contributed by atoms with Crippen LogP contribution >= 0.6 is 0 Å². The predicted molar refractivity (Wildman–Crippen MR) is 80.7 cm³/mol. The predicted octanol–water partition coefficient (Wildman–Crippen LogP) is 1.46. The molecule has 0 aromatic rings. The SMILES string of the molecule is O=C[C@]12O[C@@H]3CC[C@@H]4[C@@H]3[C@@H]1[C@@H]1[C@H]3[C@H]5[C@@H]6[C@@H](CC[C@@H]6O[C@]5(C=O)[C@@H]41)[C@@H]32. The van der Waals surface area contributed by atoms with Crippen molar-refractivity contribution in [3.63, 3.8) is 0 Å². The molecular formula is C20H22O4. The van der Waals surface area contributed by atoms with Gasteiger partial charge in [0.15, 0.2) is 12.6 Å². The molecule has 0 bridgehead atoms. The minimum Gasteiger partial charge on any atom is -0.363 e. The highest BCUT2D eigenvalue weighted by molar-refractivity contribution is 5.73. The molecule has 0 spiro atoms. The van der Waals surface area contributed by atoms with E-state index >= 15 is 0 Å². The number of hydrogen-bond donors (Lipinski definition) is 0. The van der Waals surface area contributed by atoms with Crippen LogP contribution in [0.2, 0.25) is 0 Å². The Morgan fingerprint density at radius 3 is 1.50 bits per heavy atom. The minimum atomic E-state index is -0.503. The van der Waals surface area contributed by atoms with Gasteiger partial charge in [0.2, 0.25) is 0 Å². The average molecular weight is 326 g/mol. The van der Waals surface area contributed by atoms with Crippen molar-refractivity contribution in [3.8, 4) is 0 Å². The van der Waals surface area contributed by atoms with Gasteiger partial charge < -0.3 is 19.1 Å². The zero-order chi connectivity index (χ0) is 15.6. The van der Waals surface area contributed by atoms with E-state index in [9.17, 15) is 9.59 Å². The summed E-state index contributed by atoms with van der Waals surface area (Å²) in [5, 5.41) is 0. The van der Waals surface area contributed by atoms with Crippen molar-refractivity contribution in [1.82, 2.24) is 0 Å². The highest BCUT2D eigenvalue weighted by Crippen LogP contribution is 2.85. The number of carbonyl (C=O) groups is 2. The summed E-state index contributed by atoms with van der Waals surface area (Å²) < 4.78 is 13.3. The summed E-state index contributed by atoms with van der Waals surface area (Å²) in [5.74, 6) is 4.72. The van der Waals surface area contributed by atoms with Crippen molar-refractivity contribution in [2.45, 2.75) is 49.1 Å². The van der Waals surface area contributed by atoms with Crippen LogP contribution in [0.4, 0.5) is 0 Å². The smallest absolute Gasteiger partial charge is 0.152 e. The lowest BCUT2D eigenvalue weighted by Gasteiger charge is -2.35. The van der Waals surface area contributed by atoms with E-state index in [2.05, 4.69) is 0 Å². The molecule has 4 heteroatoms. The first-order chi connectivity index (χ1) is 11.8. The van der Waals surface area contributed by atoms with E-state index in [0.717, 1.165) is 12.8 Å². The number of hydrogen-bond acceptors (Lipinski definition) is 4. The molecular weight excluding hydrogens is 304 g/mol. The van der Waals surface area contributed by atoms with E-state index in [1.807, 2.05) is 0 Å². The topological polar surface area (TPSA) is 52.6 Å². The summed E-state index contributed by atoms with van der Waals surface area (Å²) in [6, 6.07) is 0. The Bertz CT molecular complexity index is 660. The maximum absolute atomic E-state index is 12.5. The standard InChI is InChI=1S/C20H22O4/c21-5-19-15-7-1-3-9-11(7)17-13(15)14-16(20(17,6-22)23-9)8-2-4-10(24-19)12(8)18(14)19/h5-18H,1-4H2/t7-,8-,9-,10+,11+,12-,13-,14-,15+,16+,17-,18-,19-,20-/m1/s1. The molecule has 6 saturated carbocycles. The fraction of sp³-hybridized carbons (Fsp3) is 0.900. The quantitative estimate of drug-likeness (QED) is 0.721. The van der Waals surface area contributed by atoms with E-state index in [-0.39, 0.29) is 12.2 Å². The molecule has 4 nitrogen and oxygen atoms in total.